The summed E-state index contributed by atoms with van der Waals surface area (Å²) >= 11 is 0. The van der Waals surface area contributed by atoms with Gasteiger partial charge >= 0.3 is 0 Å². The SMILES string of the molecule is CN1CCN(c2ccc(-c3cnc4[nH]cc(CCc5ccc(C(=O)N(C)C)cc5)c4c3)cc2)CC1. The molecule has 0 radical (unpaired) electrons. The van der Waals surface area contributed by atoms with Gasteiger partial charge in [0, 0.05) is 74.9 Å². The van der Waals surface area contributed by atoms with Crippen molar-refractivity contribution in [3.05, 3.63) is 83.7 Å². The molecule has 180 valence electrons. The molecular weight excluding hydrogens is 434 g/mol. The van der Waals surface area contributed by atoms with Gasteiger partial charge in [0.15, 0.2) is 0 Å². The van der Waals surface area contributed by atoms with E-state index in [9.17, 15) is 4.79 Å². The average molecular weight is 468 g/mol. The molecular formula is C29H33N5O. The molecule has 0 saturated carbocycles. The Balaban J connectivity index is 1.29. The van der Waals surface area contributed by atoms with E-state index in [4.69, 9.17) is 0 Å². The molecule has 1 aliphatic rings. The van der Waals surface area contributed by atoms with Crippen molar-refractivity contribution in [3.8, 4) is 11.1 Å². The van der Waals surface area contributed by atoms with Crippen LogP contribution in [0.25, 0.3) is 22.2 Å². The summed E-state index contributed by atoms with van der Waals surface area (Å²) in [6.07, 6.45) is 5.84. The summed E-state index contributed by atoms with van der Waals surface area (Å²) in [6.45, 7) is 4.36. The van der Waals surface area contributed by atoms with Gasteiger partial charge in [0.1, 0.15) is 5.65 Å². The number of aromatic amines is 1. The number of piperazine rings is 1. The van der Waals surface area contributed by atoms with Crippen LogP contribution in [0.5, 0.6) is 0 Å². The fraction of sp³-hybridized carbons (Fsp3) is 0.310. The molecule has 0 unspecified atom stereocenters. The van der Waals surface area contributed by atoms with Crippen LogP contribution in [0.15, 0.2) is 67.0 Å². The van der Waals surface area contributed by atoms with Crippen molar-refractivity contribution < 1.29 is 4.79 Å². The number of carbonyl (C=O) groups excluding carboxylic acids is 1. The summed E-state index contributed by atoms with van der Waals surface area (Å²) in [5, 5.41) is 1.17. The molecule has 2 aromatic heterocycles. The average Bonchev–Trinajstić information content (AvgIpc) is 3.30. The molecule has 0 atom stereocenters. The Bertz CT molecular complexity index is 1300. The number of hydrogen-bond acceptors (Lipinski definition) is 4. The van der Waals surface area contributed by atoms with Gasteiger partial charge in [0.2, 0.25) is 0 Å². The first-order valence-corrected chi connectivity index (χ1v) is 12.3. The highest BCUT2D eigenvalue weighted by molar-refractivity contribution is 5.93. The predicted molar refractivity (Wildman–Crippen MR) is 143 cm³/mol. The number of benzene rings is 2. The van der Waals surface area contributed by atoms with E-state index in [2.05, 4.69) is 75.5 Å². The highest BCUT2D eigenvalue weighted by Gasteiger charge is 2.14. The number of nitrogens with one attached hydrogen (secondary N) is 1. The Morgan fingerprint density at radius 3 is 2.34 bits per heavy atom. The van der Waals surface area contributed by atoms with Gasteiger partial charge in [-0.05, 0) is 66.9 Å². The second-order valence-corrected chi connectivity index (χ2v) is 9.67. The fourth-order valence-electron chi connectivity index (χ4n) is 4.70. The van der Waals surface area contributed by atoms with E-state index in [0.717, 1.165) is 55.8 Å². The Labute approximate surface area is 207 Å². The minimum absolute atomic E-state index is 0.0309. The first-order valence-electron chi connectivity index (χ1n) is 12.3. The van der Waals surface area contributed by atoms with Crippen molar-refractivity contribution in [2.75, 3.05) is 52.2 Å². The predicted octanol–water partition coefficient (Wildman–Crippen LogP) is 4.47. The lowest BCUT2D eigenvalue weighted by atomic mass is 10.0. The lowest BCUT2D eigenvalue weighted by Crippen LogP contribution is -2.44. The van der Waals surface area contributed by atoms with Gasteiger partial charge in [0.25, 0.3) is 5.91 Å². The van der Waals surface area contributed by atoms with Gasteiger partial charge in [-0.2, -0.15) is 0 Å². The summed E-state index contributed by atoms with van der Waals surface area (Å²) in [4.78, 5) is 26.6. The highest BCUT2D eigenvalue weighted by atomic mass is 16.2. The topological polar surface area (TPSA) is 55.5 Å². The number of amides is 1. The first kappa shape index (κ1) is 23.1. The third-order valence-electron chi connectivity index (χ3n) is 6.98. The fourth-order valence-corrected chi connectivity index (χ4v) is 4.70. The van der Waals surface area contributed by atoms with Crippen LogP contribution in [0.4, 0.5) is 5.69 Å². The molecule has 35 heavy (non-hydrogen) atoms. The quantitative estimate of drug-likeness (QED) is 0.455. The van der Waals surface area contributed by atoms with Crippen LogP contribution >= 0.6 is 0 Å². The molecule has 1 aliphatic heterocycles. The highest BCUT2D eigenvalue weighted by Crippen LogP contribution is 2.27. The Morgan fingerprint density at radius 1 is 0.943 bits per heavy atom. The summed E-state index contributed by atoms with van der Waals surface area (Å²) < 4.78 is 0. The summed E-state index contributed by atoms with van der Waals surface area (Å²) in [7, 11) is 5.73. The number of carbonyl (C=O) groups is 1. The number of H-pyrrole nitrogens is 1. The van der Waals surface area contributed by atoms with Gasteiger partial charge < -0.3 is 19.7 Å². The molecule has 2 aromatic carbocycles. The van der Waals surface area contributed by atoms with Gasteiger partial charge in [-0.3, -0.25) is 4.79 Å². The molecule has 0 aliphatic carbocycles. The van der Waals surface area contributed by atoms with Crippen LogP contribution < -0.4 is 4.90 Å². The third-order valence-corrected chi connectivity index (χ3v) is 6.98. The van der Waals surface area contributed by atoms with E-state index in [1.807, 2.05) is 18.3 Å². The number of pyridine rings is 1. The molecule has 1 amide bonds. The van der Waals surface area contributed by atoms with Crippen LogP contribution in [0.3, 0.4) is 0 Å². The second-order valence-electron chi connectivity index (χ2n) is 9.67. The number of aromatic nitrogens is 2. The van der Waals surface area contributed by atoms with E-state index in [-0.39, 0.29) is 5.91 Å². The maximum absolute atomic E-state index is 12.1. The minimum Gasteiger partial charge on any atom is -0.369 e. The lowest BCUT2D eigenvalue weighted by Gasteiger charge is -2.34. The van der Waals surface area contributed by atoms with Crippen molar-refractivity contribution in [1.29, 1.82) is 0 Å². The van der Waals surface area contributed by atoms with Crippen LogP contribution in [0.1, 0.15) is 21.5 Å². The van der Waals surface area contributed by atoms with Crippen molar-refractivity contribution in [2.24, 2.45) is 0 Å². The van der Waals surface area contributed by atoms with Gasteiger partial charge in [-0.1, -0.05) is 24.3 Å². The number of likely N-dealkylation sites (N-methyl/N-ethyl adjacent to an activating group) is 1. The lowest BCUT2D eigenvalue weighted by molar-refractivity contribution is 0.0827. The largest absolute Gasteiger partial charge is 0.369 e. The zero-order valence-electron chi connectivity index (χ0n) is 20.8. The summed E-state index contributed by atoms with van der Waals surface area (Å²) in [5.74, 6) is 0.0309. The van der Waals surface area contributed by atoms with Gasteiger partial charge in [-0.15, -0.1) is 0 Å². The van der Waals surface area contributed by atoms with Crippen molar-refractivity contribution in [2.45, 2.75) is 12.8 Å². The number of rotatable bonds is 6. The summed E-state index contributed by atoms with van der Waals surface area (Å²) in [6, 6.07) is 19.1. The number of nitrogens with zero attached hydrogens (tertiary/aromatic N) is 4. The van der Waals surface area contributed by atoms with Crippen LogP contribution in [-0.2, 0) is 12.8 Å². The zero-order valence-corrected chi connectivity index (χ0v) is 20.8. The van der Waals surface area contributed by atoms with Crippen LogP contribution in [0.2, 0.25) is 0 Å². The van der Waals surface area contributed by atoms with Crippen molar-refractivity contribution >= 4 is 22.6 Å². The van der Waals surface area contributed by atoms with Crippen LogP contribution in [0, 0.1) is 0 Å². The molecule has 5 rings (SSSR count). The van der Waals surface area contributed by atoms with E-state index >= 15 is 0 Å². The van der Waals surface area contributed by atoms with E-state index in [0.29, 0.717) is 0 Å². The molecule has 4 aromatic rings. The molecule has 1 saturated heterocycles. The molecule has 1 N–H and O–H groups in total. The standard InChI is InChI=1S/C29H33N5O/c1-32(2)29(35)23-7-4-21(5-8-23)6-9-24-19-30-28-27(24)18-25(20-31-28)22-10-12-26(13-11-22)34-16-14-33(3)15-17-34/h4-5,7-8,10-13,18-20H,6,9,14-17H2,1-3H3,(H,30,31). The molecule has 6 heteroatoms. The Morgan fingerprint density at radius 2 is 1.66 bits per heavy atom. The number of fused-ring (bicyclic) bond motifs is 1. The number of hydrogen-bond donors (Lipinski definition) is 1. The normalized spacial score (nSPS) is 14.4. The van der Waals surface area contributed by atoms with Crippen molar-refractivity contribution in [1.82, 2.24) is 19.8 Å². The molecule has 3 heterocycles. The zero-order chi connectivity index (χ0) is 24.4. The van der Waals surface area contributed by atoms with Gasteiger partial charge in [-0.25, -0.2) is 4.98 Å². The number of aryl methyl sites for hydroxylation is 2. The maximum atomic E-state index is 12.1. The Kier molecular flexibility index (Phi) is 6.55. The van der Waals surface area contributed by atoms with E-state index in [1.54, 1.807) is 19.0 Å². The van der Waals surface area contributed by atoms with Crippen molar-refractivity contribution in [3.63, 3.8) is 0 Å². The monoisotopic (exact) mass is 467 g/mol. The molecule has 1 fully saturated rings. The molecule has 0 spiro atoms. The molecule has 6 nitrogen and oxygen atoms in total. The number of anilines is 1. The molecule has 0 bridgehead atoms. The second kappa shape index (κ2) is 9.92. The van der Waals surface area contributed by atoms with Gasteiger partial charge in [0.05, 0.1) is 0 Å². The minimum atomic E-state index is 0.0309. The van der Waals surface area contributed by atoms with Crippen LogP contribution in [-0.4, -0.2) is 73.0 Å². The van der Waals surface area contributed by atoms with E-state index < -0.39 is 0 Å². The summed E-state index contributed by atoms with van der Waals surface area (Å²) in [5.41, 5.74) is 7.73. The first-order chi connectivity index (χ1) is 17.0. The smallest absolute Gasteiger partial charge is 0.253 e. The Hall–Kier alpha value is -3.64. The maximum Gasteiger partial charge on any atom is 0.253 e. The van der Waals surface area contributed by atoms with E-state index in [1.165, 1.54) is 27.8 Å². The third kappa shape index (κ3) is 5.08.